The van der Waals surface area contributed by atoms with Crippen LogP contribution in [0.3, 0.4) is 0 Å². The number of benzene rings is 2. The van der Waals surface area contributed by atoms with Crippen LogP contribution in [0.2, 0.25) is 5.02 Å². The number of nitrogens with one attached hydrogen (secondary N) is 2. The summed E-state index contributed by atoms with van der Waals surface area (Å²) >= 11 is 6.13. The van der Waals surface area contributed by atoms with Gasteiger partial charge in [-0.1, -0.05) is 29.8 Å². The largest absolute Gasteiger partial charge is 0.467 e. The maximum Gasteiger partial charge on any atom is 0.293 e. The van der Waals surface area contributed by atoms with Gasteiger partial charge in [-0.2, -0.15) is 0 Å². The smallest absolute Gasteiger partial charge is 0.293 e. The molecule has 0 bridgehead atoms. The second kappa shape index (κ2) is 11.1. The van der Waals surface area contributed by atoms with Gasteiger partial charge >= 0.3 is 0 Å². The lowest BCUT2D eigenvalue weighted by Crippen LogP contribution is -2.25. The van der Waals surface area contributed by atoms with Gasteiger partial charge in [0.05, 0.1) is 11.2 Å². The highest BCUT2D eigenvalue weighted by Crippen LogP contribution is 2.27. The molecule has 3 rings (SSSR count). The monoisotopic (exact) mass is 443 g/mol. The molecular formula is C22H22ClN3O5. The Kier molecular flexibility index (Phi) is 8.03. The first-order chi connectivity index (χ1) is 15.0. The topological polar surface area (TPSA) is 107 Å². The van der Waals surface area contributed by atoms with Crippen LogP contribution < -0.4 is 10.6 Å². The van der Waals surface area contributed by atoms with E-state index >= 15 is 0 Å². The fourth-order valence-electron chi connectivity index (χ4n) is 2.85. The fourth-order valence-corrected chi connectivity index (χ4v) is 3.05. The number of hydrogen-bond donors (Lipinski definition) is 2. The third kappa shape index (κ3) is 6.56. The predicted molar refractivity (Wildman–Crippen MR) is 117 cm³/mol. The highest BCUT2D eigenvalue weighted by molar-refractivity contribution is 6.31. The van der Waals surface area contributed by atoms with E-state index in [1.54, 1.807) is 24.5 Å². The van der Waals surface area contributed by atoms with Gasteiger partial charge in [-0.25, -0.2) is 0 Å². The first-order valence-electron chi connectivity index (χ1n) is 9.68. The van der Waals surface area contributed by atoms with Crippen molar-refractivity contribution in [3.05, 3.63) is 92.9 Å². The van der Waals surface area contributed by atoms with Crippen molar-refractivity contribution in [2.24, 2.45) is 0 Å². The molecule has 0 aliphatic heterocycles. The Bertz CT molecular complexity index is 1020. The van der Waals surface area contributed by atoms with Gasteiger partial charge in [0.15, 0.2) is 0 Å². The van der Waals surface area contributed by atoms with Gasteiger partial charge in [0.25, 0.3) is 11.6 Å². The number of rotatable bonds is 11. The average molecular weight is 444 g/mol. The Morgan fingerprint density at radius 3 is 2.74 bits per heavy atom. The molecule has 0 spiro atoms. The van der Waals surface area contributed by atoms with Crippen molar-refractivity contribution in [3.8, 4) is 0 Å². The quantitative estimate of drug-likeness (QED) is 0.250. The van der Waals surface area contributed by atoms with E-state index in [0.717, 1.165) is 11.3 Å². The molecule has 0 saturated carbocycles. The maximum atomic E-state index is 12.3. The van der Waals surface area contributed by atoms with Crippen LogP contribution in [0.25, 0.3) is 0 Å². The molecule has 0 fully saturated rings. The lowest BCUT2D eigenvalue weighted by Gasteiger charge is -2.10. The van der Waals surface area contributed by atoms with Gasteiger partial charge in [0, 0.05) is 36.3 Å². The number of furan rings is 1. The number of ether oxygens (including phenoxy) is 1. The van der Waals surface area contributed by atoms with Crippen LogP contribution in [-0.2, 0) is 17.9 Å². The minimum absolute atomic E-state index is 0.179. The van der Waals surface area contributed by atoms with E-state index in [1.807, 2.05) is 24.3 Å². The van der Waals surface area contributed by atoms with Crippen molar-refractivity contribution >= 4 is 28.9 Å². The lowest BCUT2D eigenvalue weighted by molar-refractivity contribution is -0.384. The highest BCUT2D eigenvalue weighted by Gasteiger charge is 2.17. The number of amides is 1. The van der Waals surface area contributed by atoms with Gasteiger partial charge < -0.3 is 19.8 Å². The molecule has 1 amide bonds. The molecule has 3 aromatic rings. The van der Waals surface area contributed by atoms with Gasteiger partial charge in [0.2, 0.25) is 0 Å². The standard InChI is InChI=1S/C22H22ClN3O5/c23-19-7-2-1-5-17(19)14-25-20-9-8-16(13-21(20)26(28)29)22(27)24-10-4-11-30-15-18-6-3-12-31-18/h1-3,5-9,12-13,25H,4,10-11,14-15H2,(H,24,27). The average Bonchev–Trinajstić information content (AvgIpc) is 3.29. The molecule has 0 aliphatic carbocycles. The Labute approximate surface area is 184 Å². The molecule has 162 valence electrons. The van der Waals surface area contributed by atoms with Gasteiger partial charge in [-0.15, -0.1) is 0 Å². The predicted octanol–water partition coefficient (Wildman–Crippen LogP) is 4.79. The number of hydrogen-bond acceptors (Lipinski definition) is 6. The lowest BCUT2D eigenvalue weighted by atomic mass is 10.1. The number of halogens is 1. The molecular weight excluding hydrogens is 422 g/mol. The third-order valence-electron chi connectivity index (χ3n) is 4.46. The Balaban J connectivity index is 1.51. The summed E-state index contributed by atoms with van der Waals surface area (Å²) in [6.45, 7) is 1.53. The first-order valence-corrected chi connectivity index (χ1v) is 10.1. The van der Waals surface area contributed by atoms with Crippen LogP contribution in [0.15, 0.2) is 65.3 Å². The molecule has 1 heterocycles. The molecule has 0 aliphatic rings. The molecule has 8 nitrogen and oxygen atoms in total. The molecule has 1 aromatic heterocycles. The number of nitro groups is 1. The minimum atomic E-state index is -0.520. The zero-order valence-electron chi connectivity index (χ0n) is 16.7. The van der Waals surface area contributed by atoms with Crippen molar-refractivity contribution in [2.75, 3.05) is 18.5 Å². The van der Waals surface area contributed by atoms with Crippen molar-refractivity contribution in [1.82, 2.24) is 5.32 Å². The Morgan fingerprint density at radius 2 is 2.00 bits per heavy atom. The van der Waals surface area contributed by atoms with E-state index in [4.69, 9.17) is 20.8 Å². The molecule has 0 saturated heterocycles. The van der Waals surface area contributed by atoms with Crippen molar-refractivity contribution < 1.29 is 18.9 Å². The third-order valence-corrected chi connectivity index (χ3v) is 4.83. The summed E-state index contributed by atoms with van der Waals surface area (Å²) in [5, 5.41) is 17.8. The summed E-state index contributed by atoms with van der Waals surface area (Å²) in [6.07, 6.45) is 2.18. The molecule has 0 unspecified atom stereocenters. The second-order valence-corrected chi connectivity index (χ2v) is 7.08. The summed E-state index contributed by atoms with van der Waals surface area (Å²) < 4.78 is 10.6. The number of nitro benzene ring substituents is 1. The number of anilines is 1. The van der Waals surface area contributed by atoms with Crippen LogP contribution in [-0.4, -0.2) is 24.0 Å². The van der Waals surface area contributed by atoms with E-state index in [9.17, 15) is 14.9 Å². The first kappa shape index (κ1) is 22.3. The van der Waals surface area contributed by atoms with Gasteiger partial charge in [0.1, 0.15) is 18.1 Å². The second-order valence-electron chi connectivity index (χ2n) is 6.68. The number of nitrogens with zero attached hydrogens (tertiary/aromatic N) is 1. The molecule has 9 heteroatoms. The van der Waals surface area contributed by atoms with Gasteiger partial charge in [-0.05, 0) is 42.3 Å². The molecule has 0 radical (unpaired) electrons. The summed E-state index contributed by atoms with van der Waals surface area (Å²) in [7, 11) is 0. The SMILES string of the molecule is O=C(NCCCOCc1ccco1)c1ccc(NCc2ccccc2Cl)c([N+](=O)[O-])c1. The van der Waals surface area contributed by atoms with Gasteiger partial charge in [-0.3, -0.25) is 14.9 Å². The van der Waals surface area contributed by atoms with Crippen LogP contribution >= 0.6 is 11.6 Å². The van der Waals surface area contributed by atoms with E-state index in [1.165, 1.54) is 12.1 Å². The van der Waals surface area contributed by atoms with E-state index in [0.29, 0.717) is 43.4 Å². The summed E-state index contributed by atoms with van der Waals surface area (Å²) in [5.74, 6) is 0.353. The zero-order chi connectivity index (χ0) is 22.1. The zero-order valence-corrected chi connectivity index (χ0v) is 17.4. The molecule has 31 heavy (non-hydrogen) atoms. The summed E-state index contributed by atoms with van der Waals surface area (Å²) in [5.41, 5.74) is 1.16. The molecule has 2 aromatic carbocycles. The van der Waals surface area contributed by atoms with Crippen molar-refractivity contribution in [3.63, 3.8) is 0 Å². The fraction of sp³-hybridized carbons (Fsp3) is 0.227. The molecule has 0 atom stereocenters. The maximum absolute atomic E-state index is 12.3. The highest BCUT2D eigenvalue weighted by atomic mass is 35.5. The van der Waals surface area contributed by atoms with Crippen LogP contribution in [0.5, 0.6) is 0 Å². The summed E-state index contributed by atoms with van der Waals surface area (Å²) in [4.78, 5) is 23.3. The van der Waals surface area contributed by atoms with E-state index < -0.39 is 4.92 Å². The molecule has 2 N–H and O–H groups in total. The van der Waals surface area contributed by atoms with Crippen LogP contribution in [0.4, 0.5) is 11.4 Å². The minimum Gasteiger partial charge on any atom is -0.467 e. The number of carbonyl (C=O) groups excluding carboxylic acids is 1. The normalized spacial score (nSPS) is 10.6. The Hall–Kier alpha value is -3.36. The van der Waals surface area contributed by atoms with Crippen LogP contribution in [0.1, 0.15) is 28.1 Å². The van der Waals surface area contributed by atoms with Crippen molar-refractivity contribution in [1.29, 1.82) is 0 Å². The Morgan fingerprint density at radius 1 is 1.16 bits per heavy atom. The van der Waals surface area contributed by atoms with E-state index in [-0.39, 0.29) is 17.2 Å². The van der Waals surface area contributed by atoms with E-state index in [2.05, 4.69) is 10.6 Å². The van der Waals surface area contributed by atoms with Crippen LogP contribution in [0, 0.1) is 10.1 Å². The van der Waals surface area contributed by atoms with Crippen molar-refractivity contribution in [2.45, 2.75) is 19.6 Å². The number of carbonyl (C=O) groups is 1. The summed E-state index contributed by atoms with van der Waals surface area (Å²) in [6, 6.07) is 15.2.